The van der Waals surface area contributed by atoms with E-state index in [0.29, 0.717) is 11.4 Å². The third-order valence-electron chi connectivity index (χ3n) is 3.26. The van der Waals surface area contributed by atoms with Crippen LogP contribution in [0.1, 0.15) is 15.9 Å². The first-order chi connectivity index (χ1) is 11.8. The minimum atomic E-state index is -4.47. The molecule has 0 aromatic heterocycles. The number of carbonyl (C=O) groups excluding carboxylic acids is 2. The third-order valence-corrected chi connectivity index (χ3v) is 3.26. The molecule has 8 heteroatoms. The van der Waals surface area contributed by atoms with E-state index in [1.54, 1.807) is 24.3 Å². The van der Waals surface area contributed by atoms with Gasteiger partial charge in [-0.05, 0) is 48.5 Å². The molecule has 2 rings (SSSR count). The summed E-state index contributed by atoms with van der Waals surface area (Å²) < 4.78 is 42.4. The van der Waals surface area contributed by atoms with Gasteiger partial charge >= 0.3 is 6.18 Å². The molecule has 25 heavy (non-hydrogen) atoms. The van der Waals surface area contributed by atoms with Gasteiger partial charge in [-0.3, -0.25) is 9.59 Å². The lowest BCUT2D eigenvalue weighted by atomic mass is 10.1. The van der Waals surface area contributed by atoms with E-state index in [4.69, 9.17) is 4.74 Å². The van der Waals surface area contributed by atoms with E-state index in [0.717, 1.165) is 24.3 Å². The fourth-order valence-corrected chi connectivity index (χ4v) is 1.95. The SMILES string of the molecule is COc1ccc(NC(=O)CNC(=O)c2ccc(C(F)(F)F)cc2)cc1. The molecular weight excluding hydrogens is 337 g/mol. The second kappa shape index (κ2) is 7.69. The number of carbonyl (C=O) groups is 2. The maximum Gasteiger partial charge on any atom is 0.416 e. The van der Waals surface area contributed by atoms with E-state index < -0.39 is 23.6 Å². The number of methoxy groups -OCH3 is 1. The first-order valence-electron chi connectivity index (χ1n) is 7.19. The van der Waals surface area contributed by atoms with E-state index in [2.05, 4.69) is 10.6 Å². The Morgan fingerprint density at radius 1 is 1.00 bits per heavy atom. The Bertz CT molecular complexity index is 741. The number of rotatable bonds is 5. The lowest BCUT2D eigenvalue weighted by Gasteiger charge is -2.09. The molecule has 0 spiro atoms. The normalized spacial score (nSPS) is 10.9. The van der Waals surface area contributed by atoms with Crippen molar-refractivity contribution in [3.05, 3.63) is 59.7 Å². The molecule has 0 saturated carbocycles. The fourth-order valence-electron chi connectivity index (χ4n) is 1.95. The van der Waals surface area contributed by atoms with Crippen LogP contribution in [0.15, 0.2) is 48.5 Å². The van der Waals surface area contributed by atoms with Crippen LogP contribution in [0.3, 0.4) is 0 Å². The van der Waals surface area contributed by atoms with Crippen LogP contribution in [-0.2, 0) is 11.0 Å². The number of amides is 2. The smallest absolute Gasteiger partial charge is 0.416 e. The van der Waals surface area contributed by atoms with Gasteiger partial charge in [0.05, 0.1) is 19.2 Å². The highest BCUT2D eigenvalue weighted by Crippen LogP contribution is 2.29. The van der Waals surface area contributed by atoms with Crippen molar-refractivity contribution in [1.82, 2.24) is 5.32 Å². The van der Waals surface area contributed by atoms with E-state index in [1.165, 1.54) is 7.11 Å². The molecule has 132 valence electrons. The predicted octanol–water partition coefficient (Wildman–Crippen LogP) is 3.08. The van der Waals surface area contributed by atoms with E-state index in [9.17, 15) is 22.8 Å². The van der Waals surface area contributed by atoms with Gasteiger partial charge in [0.2, 0.25) is 5.91 Å². The number of hydrogen-bond donors (Lipinski definition) is 2. The monoisotopic (exact) mass is 352 g/mol. The molecule has 0 unspecified atom stereocenters. The largest absolute Gasteiger partial charge is 0.497 e. The van der Waals surface area contributed by atoms with Crippen molar-refractivity contribution in [2.24, 2.45) is 0 Å². The zero-order valence-corrected chi connectivity index (χ0v) is 13.2. The Morgan fingerprint density at radius 3 is 2.12 bits per heavy atom. The molecule has 0 atom stereocenters. The minimum absolute atomic E-state index is 0.0326. The Morgan fingerprint density at radius 2 is 1.60 bits per heavy atom. The summed E-state index contributed by atoms with van der Waals surface area (Å²) in [4.78, 5) is 23.6. The lowest BCUT2D eigenvalue weighted by molar-refractivity contribution is -0.137. The number of anilines is 1. The first-order valence-corrected chi connectivity index (χ1v) is 7.19. The molecule has 2 aromatic carbocycles. The third kappa shape index (κ3) is 5.23. The zero-order valence-electron chi connectivity index (χ0n) is 13.2. The number of ether oxygens (including phenoxy) is 1. The number of benzene rings is 2. The average molecular weight is 352 g/mol. The molecule has 2 N–H and O–H groups in total. The summed E-state index contributed by atoms with van der Waals surface area (Å²) in [5.74, 6) is -0.474. The number of halogens is 3. The second-order valence-electron chi connectivity index (χ2n) is 5.03. The van der Waals surface area contributed by atoms with Gasteiger partial charge < -0.3 is 15.4 Å². The van der Waals surface area contributed by atoms with Gasteiger partial charge in [-0.2, -0.15) is 13.2 Å². The van der Waals surface area contributed by atoms with Crippen LogP contribution in [0.2, 0.25) is 0 Å². The van der Waals surface area contributed by atoms with Crippen LogP contribution < -0.4 is 15.4 Å². The van der Waals surface area contributed by atoms with Gasteiger partial charge in [-0.15, -0.1) is 0 Å². The number of nitrogens with one attached hydrogen (secondary N) is 2. The predicted molar refractivity (Wildman–Crippen MR) is 85.4 cm³/mol. The molecule has 2 aromatic rings. The van der Waals surface area contributed by atoms with E-state index >= 15 is 0 Å². The van der Waals surface area contributed by atoms with Gasteiger partial charge in [0.1, 0.15) is 5.75 Å². The summed E-state index contributed by atoms with van der Waals surface area (Å²) in [6.45, 7) is -0.314. The average Bonchev–Trinajstić information content (AvgIpc) is 2.59. The summed E-state index contributed by atoms with van der Waals surface area (Å²) >= 11 is 0. The van der Waals surface area contributed by atoms with Crippen LogP contribution in [0.4, 0.5) is 18.9 Å². The fraction of sp³-hybridized carbons (Fsp3) is 0.176. The lowest BCUT2D eigenvalue weighted by Crippen LogP contribution is -2.32. The Labute approximate surface area is 141 Å². The molecule has 2 amide bonds. The van der Waals surface area contributed by atoms with Gasteiger partial charge in [0.25, 0.3) is 5.91 Å². The molecular formula is C17H15F3N2O3. The quantitative estimate of drug-likeness (QED) is 0.869. The van der Waals surface area contributed by atoms with E-state index in [1.807, 2.05) is 0 Å². The molecule has 5 nitrogen and oxygen atoms in total. The highest BCUT2D eigenvalue weighted by molar-refractivity contribution is 5.99. The second-order valence-corrected chi connectivity index (χ2v) is 5.03. The van der Waals surface area contributed by atoms with Gasteiger partial charge in [-0.25, -0.2) is 0 Å². The zero-order chi connectivity index (χ0) is 18.4. The first kappa shape index (κ1) is 18.3. The van der Waals surface area contributed by atoms with Crippen molar-refractivity contribution in [2.45, 2.75) is 6.18 Å². The molecule has 0 heterocycles. The molecule has 0 saturated heterocycles. The Hall–Kier alpha value is -3.03. The van der Waals surface area contributed by atoms with E-state index in [-0.39, 0.29) is 12.1 Å². The van der Waals surface area contributed by atoms with Crippen molar-refractivity contribution in [2.75, 3.05) is 19.0 Å². The maximum absolute atomic E-state index is 12.5. The van der Waals surface area contributed by atoms with Gasteiger partial charge in [0.15, 0.2) is 0 Å². The number of alkyl halides is 3. The molecule has 0 aliphatic rings. The summed E-state index contributed by atoms with van der Waals surface area (Å²) in [5.41, 5.74) is -0.291. The minimum Gasteiger partial charge on any atom is -0.497 e. The van der Waals surface area contributed by atoms with Crippen molar-refractivity contribution in [3.63, 3.8) is 0 Å². The Kier molecular flexibility index (Phi) is 5.63. The van der Waals surface area contributed by atoms with Crippen LogP contribution in [-0.4, -0.2) is 25.5 Å². The van der Waals surface area contributed by atoms with Crippen molar-refractivity contribution < 1.29 is 27.5 Å². The van der Waals surface area contributed by atoms with Crippen LogP contribution in [0.5, 0.6) is 5.75 Å². The van der Waals surface area contributed by atoms with Crippen LogP contribution in [0, 0.1) is 0 Å². The Balaban J connectivity index is 1.87. The molecule has 0 fully saturated rings. The highest BCUT2D eigenvalue weighted by Gasteiger charge is 2.30. The molecule has 0 bridgehead atoms. The van der Waals surface area contributed by atoms with Crippen LogP contribution in [0.25, 0.3) is 0 Å². The van der Waals surface area contributed by atoms with Crippen molar-refractivity contribution in [1.29, 1.82) is 0 Å². The van der Waals surface area contributed by atoms with Crippen molar-refractivity contribution in [3.8, 4) is 5.75 Å². The summed E-state index contributed by atoms with van der Waals surface area (Å²) in [6.07, 6.45) is -4.47. The summed E-state index contributed by atoms with van der Waals surface area (Å²) in [6, 6.07) is 10.3. The molecule has 0 aliphatic carbocycles. The van der Waals surface area contributed by atoms with Crippen LogP contribution >= 0.6 is 0 Å². The van der Waals surface area contributed by atoms with Gasteiger partial charge in [-0.1, -0.05) is 0 Å². The van der Waals surface area contributed by atoms with Gasteiger partial charge in [0, 0.05) is 11.3 Å². The number of hydrogen-bond acceptors (Lipinski definition) is 3. The highest BCUT2D eigenvalue weighted by atomic mass is 19.4. The molecule has 0 aliphatic heterocycles. The standard InChI is InChI=1S/C17H15F3N2O3/c1-25-14-8-6-13(7-9-14)22-15(23)10-21-16(24)11-2-4-12(5-3-11)17(18,19)20/h2-9H,10H2,1H3,(H,21,24)(H,22,23). The maximum atomic E-state index is 12.5. The summed E-state index contributed by atoms with van der Waals surface area (Å²) in [5, 5.41) is 4.91. The topological polar surface area (TPSA) is 67.4 Å². The summed E-state index contributed by atoms with van der Waals surface area (Å²) in [7, 11) is 1.52. The van der Waals surface area contributed by atoms with Crippen molar-refractivity contribution >= 4 is 17.5 Å². The molecule has 0 radical (unpaired) electrons.